The monoisotopic (exact) mass is 250 g/mol. The number of unbranched alkanes of at least 4 members (excludes halogenated alkanes) is 1. The average Bonchev–Trinajstić information content (AvgIpc) is 2.40. The molecule has 1 rings (SSSR count). The van der Waals surface area contributed by atoms with Gasteiger partial charge in [-0.1, -0.05) is 33.1 Å². The molecule has 0 aromatic carbocycles. The average molecular weight is 250 g/mol. The fourth-order valence-corrected chi connectivity index (χ4v) is 1.89. The SMILES string of the molecule is CCCCC(CC)CNc1ccnc(NCC)n1. The lowest BCUT2D eigenvalue weighted by Gasteiger charge is -2.15. The Bertz CT molecular complexity index is 327. The standard InChI is InChI=1S/C14H26N4/c1-4-7-8-12(5-2)11-17-13-9-10-16-14(18-13)15-6-3/h9-10,12H,4-8,11H2,1-3H3,(H2,15,16,17,18). The molecule has 1 atom stereocenters. The third-order valence-electron chi connectivity index (χ3n) is 3.11. The Morgan fingerprint density at radius 1 is 1.22 bits per heavy atom. The first-order valence-electron chi connectivity index (χ1n) is 7.10. The Morgan fingerprint density at radius 3 is 2.72 bits per heavy atom. The summed E-state index contributed by atoms with van der Waals surface area (Å²) in [6.07, 6.45) is 6.89. The molecule has 1 aromatic rings. The number of anilines is 2. The molecule has 0 amide bonds. The van der Waals surface area contributed by atoms with E-state index in [9.17, 15) is 0 Å². The molecule has 2 N–H and O–H groups in total. The van der Waals surface area contributed by atoms with Crippen molar-refractivity contribution in [3.05, 3.63) is 12.3 Å². The Kier molecular flexibility index (Phi) is 7.14. The first-order valence-corrected chi connectivity index (χ1v) is 7.10. The van der Waals surface area contributed by atoms with Crippen LogP contribution in [0.25, 0.3) is 0 Å². The summed E-state index contributed by atoms with van der Waals surface area (Å²) in [5.41, 5.74) is 0. The van der Waals surface area contributed by atoms with Crippen LogP contribution in [0, 0.1) is 5.92 Å². The van der Waals surface area contributed by atoms with Crippen molar-refractivity contribution >= 4 is 11.8 Å². The number of hydrogen-bond acceptors (Lipinski definition) is 4. The maximum Gasteiger partial charge on any atom is 0.224 e. The van der Waals surface area contributed by atoms with Crippen LogP contribution in [-0.2, 0) is 0 Å². The Morgan fingerprint density at radius 2 is 2.06 bits per heavy atom. The van der Waals surface area contributed by atoms with Crippen LogP contribution in [0.4, 0.5) is 11.8 Å². The number of nitrogens with zero attached hydrogens (tertiary/aromatic N) is 2. The van der Waals surface area contributed by atoms with Crippen LogP contribution in [0.2, 0.25) is 0 Å². The third kappa shape index (κ3) is 5.34. The normalized spacial score (nSPS) is 12.2. The molecule has 4 nitrogen and oxygen atoms in total. The van der Waals surface area contributed by atoms with Crippen LogP contribution in [0.15, 0.2) is 12.3 Å². The van der Waals surface area contributed by atoms with Gasteiger partial charge in [-0.3, -0.25) is 0 Å². The summed E-state index contributed by atoms with van der Waals surface area (Å²) in [5.74, 6) is 2.35. The Balaban J connectivity index is 2.43. The van der Waals surface area contributed by atoms with Crippen LogP contribution in [0.5, 0.6) is 0 Å². The molecule has 0 radical (unpaired) electrons. The van der Waals surface area contributed by atoms with Crippen LogP contribution in [0.1, 0.15) is 46.5 Å². The van der Waals surface area contributed by atoms with Gasteiger partial charge in [-0.15, -0.1) is 0 Å². The van der Waals surface area contributed by atoms with E-state index in [0.29, 0.717) is 5.95 Å². The first kappa shape index (κ1) is 14.7. The lowest BCUT2D eigenvalue weighted by molar-refractivity contribution is 0.472. The van der Waals surface area contributed by atoms with Crippen molar-refractivity contribution in [2.75, 3.05) is 23.7 Å². The second kappa shape index (κ2) is 8.72. The van der Waals surface area contributed by atoms with E-state index in [-0.39, 0.29) is 0 Å². The van der Waals surface area contributed by atoms with E-state index in [1.807, 2.05) is 13.0 Å². The molecule has 1 aromatic heterocycles. The zero-order chi connectivity index (χ0) is 13.2. The van der Waals surface area contributed by atoms with E-state index in [1.54, 1.807) is 6.20 Å². The molecule has 1 heterocycles. The molecule has 0 aliphatic heterocycles. The maximum atomic E-state index is 4.42. The lowest BCUT2D eigenvalue weighted by Crippen LogP contribution is -2.15. The van der Waals surface area contributed by atoms with Gasteiger partial charge in [-0.25, -0.2) is 4.98 Å². The molecule has 102 valence electrons. The smallest absolute Gasteiger partial charge is 0.224 e. The van der Waals surface area contributed by atoms with Crippen molar-refractivity contribution in [2.24, 2.45) is 5.92 Å². The van der Waals surface area contributed by atoms with E-state index < -0.39 is 0 Å². The van der Waals surface area contributed by atoms with Gasteiger partial charge in [0.25, 0.3) is 0 Å². The topological polar surface area (TPSA) is 49.8 Å². The predicted octanol–water partition coefficient (Wildman–Crippen LogP) is 3.54. The van der Waals surface area contributed by atoms with Gasteiger partial charge in [0.1, 0.15) is 5.82 Å². The van der Waals surface area contributed by atoms with Gasteiger partial charge in [0, 0.05) is 19.3 Å². The molecular formula is C14H26N4. The molecule has 0 aliphatic rings. The van der Waals surface area contributed by atoms with E-state index in [0.717, 1.165) is 24.8 Å². The third-order valence-corrected chi connectivity index (χ3v) is 3.11. The Hall–Kier alpha value is -1.32. The molecule has 0 spiro atoms. The van der Waals surface area contributed by atoms with Crippen molar-refractivity contribution in [1.29, 1.82) is 0 Å². The largest absolute Gasteiger partial charge is 0.370 e. The summed E-state index contributed by atoms with van der Waals surface area (Å²) < 4.78 is 0. The van der Waals surface area contributed by atoms with E-state index in [2.05, 4.69) is 34.4 Å². The van der Waals surface area contributed by atoms with Gasteiger partial charge in [0.05, 0.1) is 0 Å². The number of hydrogen-bond donors (Lipinski definition) is 2. The van der Waals surface area contributed by atoms with Gasteiger partial charge in [-0.2, -0.15) is 4.98 Å². The fraction of sp³-hybridized carbons (Fsp3) is 0.714. The fourth-order valence-electron chi connectivity index (χ4n) is 1.89. The highest BCUT2D eigenvalue weighted by molar-refractivity contribution is 5.39. The van der Waals surface area contributed by atoms with Crippen molar-refractivity contribution in [1.82, 2.24) is 9.97 Å². The highest BCUT2D eigenvalue weighted by Gasteiger charge is 2.06. The van der Waals surface area contributed by atoms with Crippen molar-refractivity contribution in [3.63, 3.8) is 0 Å². The van der Waals surface area contributed by atoms with Crippen LogP contribution < -0.4 is 10.6 Å². The number of nitrogens with one attached hydrogen (secondary N) is 2. The minimum Gasteiger partial charge on any atom is -0.370 e. The van der Waals surface area contributed by atoms with Gasteiger partial charge in [0.2, 0.25) is 5.95 Å². The second-order valence-corrected chi connectivity index (χ2v) is 4.59. The summed E-state index contributed by atoms with van der Waals surface area (Å²) in [5, 5.41) is 6.53. The summed E-state index contributed by atoms with van der Waals surface area (Å²) >= 11 is 0. The zero-order valence-corrected chi connectivity index (χ0v) is 11.9. The van der Waals surface area contributed by atoms with Gasteiger partial charge >= 0.3 is 0 Å². The Labute approximate surface area is 111 Å². The predicted molar refractivity (Wildman–Crippen MR) is 78.0 cm³/mol. The molecule has 0 aliphatic carbocycles. The summed E-state index contributed by atoms with van der Waals surface area (Å²) in [6.45, 7) is 8.39. The number of aromatic nitrogens is 2. The molecule has 18 heavy (non-hydrogen) atoms. The van der Waals surface area contributed by atoms with E-state index >= 15 is 0 Å². The molecule has 0 bridgehead atoms. The molecule has 0 saturated heterocycles. The van der Waals surface area contributed by atoms with Crippen molar-refractivity contribution < 1.29 is 0 Å². The van der Waals surface area contributed by atoms with Crippen molar-refractivity contribution in [3.8, 4) is 0 Å². The maximum absolute atomic E-state index is 4.42. The minimum atomic E-state index is 0.698. The molecule has 0 saturated carbocycles. The lowest BCUT2D eigenvalue weighted by atomic mass is 9.99. The van der Waals surface area contributed by atoms with Crippen LogP contribution in [-0.4, -0.2) is 23.1 Å². The van der Waals surface area contributed by atoms with Crippen LogP contribution in [0.3, 0.4) is 0 Å². The molecule has 1 unspecified atom stereocenters. The van der Waals surface area contributed by atoms with Crippen molar-refractivity contribution in [2.45, 2.75) is 46.5 Å². The summed E-state index contributed by atoms with van der Waals surface area (Å²) in [7, 11) is 0. The molecular weight excluding hydrogens is 224 g/mol. The molecule has 0 fully saturated rings. The van der Waals surface area contributed by atoms with E-state index in [1.165, 1.54) is 25.7 Å². The first-order chi connectivity index (χ1) is 8.80. The molecule has 4 heteroatoms. The minimum absolute atomic E-state index is 0.698. The van der Waals surface area contributed by atoms with Gasteiger partial charge < -0.3 is 10.6 Å². The number of rotatable bonds is 9. The van der Waals surface area contributed by atoms with Gasteiger partial charge in [-0.05, 0) is 25.3 Å². The zero-order valence-electron chi connectivity index (χ0n) is 11.9. The quantitative estimate of drug-likeness (QED) is 0.704. The summed E-state index contributed by atoms with van der Waals surface area (Å²) in [4.78, 5) is 8.58. The van der Waals surface area contributed by atoms with Gasteiger partial charge in [0.15, 0.2) is 0 Å². The second-order valence-electron chi connectivity index (χ2n) is 4.59. The highest BCUT2D eigenvalue weighted by atomic mass is 15.1. The van der Waals surface area contributed by atoms with E-state index in [4.69, 9.17) is 0 Å². The van der Waals surface area contributed by atoms with Crippen LogP contribution >= 0.6 is 0 Å². The highest BCUT2D eigenvalue weighted by Crippen LogP contribution is 2.14. The summed E-state index contributed by atoms with van der Waals surface area (Å²) in [6, 6.07) is 1.92.